The number of hydrogen-bond acceptors (Lipinski definition) is 3. The van der Waals surface area contributed by atoms with Gasteiger partial charge in [-0.25, -0.2) is 4.79 Å². The molecule has 0 unspecified atom stereocenters. The molecule has 0 atom stereocenters. The number of carbonyl (C=O) groups is 1. The van der Waals surface area contributed by atoms with E-state index in [1.165, 1.54) is 28.3 Å². The Balaban J connectivity index is 1.48. The third-order valence-corrected chi connectivity index (χ3v) is 6.57. The van der Waals surface area contributed by atoms with E-state index in [2.05, 4.69) is 31.2 Å². The Kier molecular flexibility index (Phi) is 7.91. The highest BCUT2D eigenvalue weighted by atomic mass is 35.5. The van der Waals surface area contributed by atoms with Gasteiger partial charge >= 0.3 is 5.97 Å². The quantitative estimate of drug-likeness (QED) is 0.364. The van der Waals surface area contributed by atoms with Gasteiger partial charge in [0.05, 0.1) is 5.56 Å². The minimum atomic E-state index is -1.00. The number of allylic oxidation sites excluding steroid dienone is 1. The van der Waals surface area contributed by atoms with Crippen LogP contribution >= 0.6 is 11.6 Å². The number of ether oxygens (including phenoxy) is 2. The first-order chi connectivity index (χ1) is 16.5. The summed E-state index contributed by atoms with van der Waals surface area (Å²) in [5.41, 5.74) is 6.64. The van der Waals surface area contributed by atoms with Crippen molar-refractivity contribution < 1.29 is 19.4 Å². The van der Waals surface area contributed by atoms with Gasteiger partial charge in [0.1, 0.15) is 13.2 Å². The molecule has 0 amide bonds. The number of carboxylic acids is 1. The van der Waals surface area contributed by atoms with Gasteiger partial charge in [-0.05, 0) is 91.6 Å². The Morgan fingerprint density at radius 2 is 1.56 bits per heavy atom. The lowest BCUT2D eigenvalue weighted by Gasteiger charge is -2.16. The minimum absolute atomic E-state index is 0.161. The van der Waals surface area contributed by atoms with Crippen molar-refractivity contribution in [3.05, 3.63) is 105 Å². The molecule has 0 saturated heterocycles. The number of aromatic carboxylic acids is 1. The lowest BCUT2D eigenvalue weighted by atomic mass is 9.99. The molecule has 3 aromatic rings. The summed E-state index contributed by atoms with van der Waals surface area (Å²) in [4.78, 5) is 11.5. The molecule has 3 aromatic carbocycles. The van der Waals surface area contributed by atoms with Gasteiger partial charge in [-0.2, -0.15) is 0 Å². The van der Waals surface area contributed by atoms with Gasteiger partial charge in [0.25, 0.3) is 0 Å². The first kappa shape index (κ1) is 23.9. The molecular formula is C29H29ClO4. The fourth-order valence-corrected chi connectivity index (χ4v) is 4.35. The fraction of sp³-hybridized carbons (Fsp3) is 0.276. The molecule has 4 nitrogen and oxygen atoms in total. The molecule has 176 valence electrons. The normalized spacial score (nSPS) is 16.1. The maximum absolute atomic E-state index is 11.5. The number of aryl methyl sites for hydroxylation is 2. The molecule has 0 aromatic heterocycles. The highest BCUT2D eigenvalue weighted by Gasteiger charge is 2.14. The van der Waals surface area contributed by atoms with Crippen LogP contribution in [-0.2, 0) is 19.4 Å². The van der Waals surface area contributed by atoms with Gasteiger partial charge in [-0.3, -0.25) is 0 Å². The van der Waals surface area contributed by atoms with Crippen molar-refractivity contribution in [1.82, 2.24) is 0 Å². The Hall–Kier alpha value is -3.24. The zero-order chi connectivity index (χ0) is 23.9. The summed E-state index contributed by atoms with van der Waals surface area (Å²) < 4.78 is 12.2. The van der Waals surface area contributed by atoms with E-state index in [0.29, 0.717) is 23.1 Å². The third-order valence-electron chi connectivity index (χ3n) is 6.32. The van der Waals surface area contributed by atoms with E-state index in [9.17, 15) is 9.90 Å². The van der Waals surface area contributed by atoms with Crippen LogP contribution in [0.1, 0.15) is 53.2 Å². The van der Waals surface area contributed by atoms with Gasteiger partial charge in [0.2, 0.25) is 0 Å². The molecule has 0 bridgehead atoms. The fourth-order valence-electron chi connectivity index (χ4n) is 4.22. The highest BCUT2D eigenvalue weighted by molar-refractivity contribution is 6.30. The van der Waals surface area contributed by atoms with Crippen LogP contribution in [0.2, 0.25) is 5.02 Å². The van der Waals surface area contributed by atoms with Crippen molar-refractivity contribution in [2.45, 2.75) is 45.6 Å². The van der Waals surface area contributed by atoms with Crippen LogP contribution in [0.4, 0.5) is 0 Å². The van der Waals surface area contributed by atoms with E-state index in [1.807, 2.05) is 12.1 Å². The van der Waals surface area contributed by atoms with Crippen molar-refractivity contribution in [2.75, 3.05) is 6.61 Å². The average molecular weight is 477 g/mol. The number of fused-ring (bicyclic) bond motifs is 1. The summed E-state index contributed by atoms with van der Waals surface area (Å²) in [5, 5.41) is 10.1. The van der Waals surface area contributed by atoms with E-state index in [-0.39, 0.29) is 12.2 Å². The molecule has 0 saturated carbocycles. The van der Waals surface area contributed by atoms with Crippen LogP contribution in [0.5, 0.6) is 11.5 Å². The first-order valence-corrected chi connectivity index (χ1v) is 12.0. The molecule has 0 spiro atoms. The number of halogens is 1. The van der Waals surface area contributed by atoms with Crippen LogP contribution in [-0.4, -0.2) is 17.7 Å². The standard InChI is InChI=1S/C29H29ClO4/c1-20-9-12-23-6-3-2-5-22(23)7-4-8-25(20)19-34-27-16-13-24(29(31)32)17-28(27)33-18-21-10-14-26(30)15-11-21/h2-3,5-6,10-11,13-17H,4,7-9,12,18-19H2,1H3,(H,31,32)/b25-20+. The molecular weight excluding hydrogens is 448 g/mol. The molecule has 1 aliphatic rings. The minimum Gasteiger partial charge on any atom is -0.485 e. The van der Waals surface area contributed by atoms with Crippen LogP contribution < -0.4 is 9.47 Å². The molecule has 0 aliphatic heterocycles. The second kappa shape index (κ2) is 11.3. The number of carboxylic acid groups (broad SMARTS) is 1. The van der Waals surface area contributed by atoms with Crippen molar-refractivity contribution in [1.29, 1.82) is 0 Å². The van der Waals surface area contributed by atoms with Crippen LogP contribution in [0.25, 0.3) is 0 Å². The van der Waals surface area contributed by atoms with E-state index < -0.39 is 5.97 Å². The Morgan fingerprint density at radius 3 is 2.29 bits per heavy atom. The lowest BCUT2D eigenvalue weighted by molar-refractivity contribution is 0.0696. The SMILES string of the molecule is C/C1=C(\COc2ccc(C(=O)O)cc2OCc2ccc(Cl)cc2)CCCc2ccccc2CC1. The van der Waals surface area contributed by atoms with Crippen molar-refractivity contribution >= 4 is 17.6 Å². The van der Waals surface area contributed by atoms with Gasteiger partial charge in [0, 0.05) is 5.02 Å². The molecule has 34 heavy (non-hydrogen) atoms. The summed E-state index contributed by atoms with van der Waals surface area (Å²) in [6.07, 6.45) is 5.16. The van der Waals surface area contributed by atoms with Gasteiger partial charge < -0.3 is 14.6 Å². The third kappa shape index (κ3) is 6.21. The molecule has 1 aliphatic carbocycles. The van der Waals surface area contributed by atoms with Crippen LogP contribution in [0.15, 0.2) is 77.9 Å². The van der Waals surface area contributed by atoms with Crippen molar-refractivity contribution in [3.8, 4) is 11.5 Å². The predicted octanol–water partition coefficient (Wildman–Crippen LogP) is 7.28. The second-order valence-corrected chi connectivity index (χ2v) is 9.11. The zero-order valence-electron chi connectivity index (χ0n) is 19.4. The van der Waals surface area contributed by atoms with Gasteiger partial charge in [-0.1, -0.05) is 53.6 Å². The second-order valence-electron chi connectivity index (χ2n) is 8.68. The lowest BCUT2D eigenvalue weighted by Crippen LogP contribution is -2.07. The number of benzene rings is 3. The number of rotatable bonds is 7. The van der Waals surface area contributed by atoms with Crippen LogP contribution in [0, 0.1) is 0 Å². The topological polar surface area (TPSA) is 55.8 Å². The van der Waals surface area contributed by atoms with Gasteiger partial charge in [0.15, 0.2) is 11.5 Å². The average Bonchev–Trinajstić information content (AvgIpc) is 2.92. The molecule has 0 radical (unpaired) electrons. The Labute approximate surface area is 205 Å². The van der Waals surface area contributed by atoms with Crippen LogP contribution in [0.3, 0.4) is 0 Å². The Morgan fingerprint density at radius 1 is 0.853 bits per heavy atom. The van der Waals surface area contributed by atoms with E-state index in [4.69, 9.17) is 21.1 Å². The molecule has 1 N–H and O–H groups in total. The van der Waals surface area contributed by atoms with E-state index in [1.54, 1.807) is 24.3 Å². The van der Waals surface area contributed by atoms with Crippen molar-refractivity contribution in [2.24, 2.45) is 0 Å². The summed E-state index contributed by atoms with van der Waals surface area (Å²) >= 11 is 5.96. The molecule has 5 heteroatoms. The smallest absolute Gasteiger partial charge is 0.335 e. The Bertz CT molecular complexity index is 1180. The van der Waals surface area contributed by atoms with E-state index in [0.717, 1.165) is 37.7 Å². The molecule has 4 rings (SSSR count). The summed E-state index contributed by atoms with van der Waals surface area (Å²) in [5.74, 6) is -0.0386. The first-order valence-electron chi connectivity index (χ1n) is 11.6. The maximum Gasteiger partial charge on any atom is 0.335 e. The zero-order valence-corrected chi connectivity index (χ0v) is 20.1. The van der Waals surface area contributed by atoms with Crippen molar-refractivity contribution in [3.63, 3.8) is 0 Å². The summed E-state index contributed by atoms with van der Waals surface area (Å²) in [6, 6.07) is 20.8. The molecule has 0 heterocycles. The molecule has 0 fully saturated rings. The monoisotopic (exact) mass is 476 g/mol. The predicted molar refractivity (Wildman–Crippen MR) is 135 cm³/mol. The summed E-state index contributed by atoms with van der Waals surface area (Å²) in [6.45, 7) is 2.95. The summed E-state index contributed by atoms with van der Waals surface area (Å²) in [7, 11) is 0. The largest absolute Gasteiger partial charge is 0.485 e. The highest BCUT2D eigenvalue weighted by Crippen LogP contribution is 2.31. The number of hydrogen-bond donors (Lipinski definition) is 1. The van der Waals surface area contributed by atoms with Gasteiger partial charge in [-0.15, -0.1) is 0 Å². The van der Waals surface area contributed by atoms with E-state index >= 15 is 0 Å². The maximum atomic E-state index is 11.5.